The second-order valence-corrected chi connectivity index (χ2v) is 6.16. The molecule has 26 heavy (non-hydrogen) atoms. The minimum atomic E-state index is -0.430. The van der Waals surface area contributed by atoms with Crippen LogP contribution < -0.4 is 10.1 Å². The molecule has 140 valence electrons. The molecule has 0 saturated carbocycles. The Morgan fingerprint density at radius 1 is 1.31 bits per heavy atom. The Bertz CT molecular complexity index is 686. The molecule has 1 aromatic rings. The quantitative estimate of drug-likeness (QED) is 0.566. The third-order valence-corrected chi connectivity index (χ3v) is 4.06. The summed E-state index contributed by atoms with van der Waals surface area (Å²) in [5.41, 5.74) is 0.575. The van der Waals surface area contributed by atoms with Crippen molar-refractivity contribution >= 4 is 23.5 Å². The second-order valence-electron chi connectivity index (χ2n) is 6.16. The van der Waals surface area contributed by atoms with Crippen LogP contribution >= 0.6 is 0 Å². The Morgan fingerprint density at radius 3 is 2.81 bits per heavy atom. The minimum absolute atomic E-state index is 0.140. The molecule has 7 nitrogen and oxygen atoms in total. The number of amides is 2. The number of hydrogen-bond donors (Lipinski definition) is 1. The first-order valence-electron chi connectivity index (χ1n) is 8.48. The number of likely N-dealkylation sites (N-methyl/N-ethyl adjacent to an activating group) is 1. The van der Waals surface area contributed by atoms with Crippen molar-refractivity contribution in [2.24, 2.45) is 5.92 Å². The SMILES string of the molecule is COc1cccc(NC(=O)CN(C)C(=O)COC(=O)C[C@@H]2C=CCC2)c1. The highest BCUT2D eigenvalue weighted by Crippen LogP contribution is 2.20. The number of nitrogens with zero attached hydrogens (tertiary/aromatic N) is 1. The van der Waals surface area contributed by atoms with Crippen molar-refractivity contribution in [3.05, 3.63) is 36.4 Å². The van der Waals surface area contributed by atoms with Crippen LogP contribution in [0.4, 0.5) is 5.69 Å². The molecule has 1 aliphatic rings. The molecule has 1 aromatic carbocycles. The van der Waals surface area contributed by atoms with E-state index in [1.165, 1.54) is 19.1 Å². The van der Waals surface area contributed by atoms with Crippen molar-refractivity contribution in [2.75, 3.05) is 32.6 Å². The van der Waals surface area contributed by atoms with Gasteiger partial charge in [-0.15, -0.1) is 0 Å². The molecule has 0 radical (unpaired) electrons. The van der Waals surface area contributed by atoms with Crippen LogP contribution in [0.1, 0.15) is 19.3 Å². The van der Waals surface area contributed by atoms with Crippen LogP contribution in [-0.2, 0) is 19.1 Å². The Morgan fingerprint density at radius 2 is 2.12 bits per heavy atom. The molecule has 0 fully saturated rings. The lowest BCUT2D eigenvalue weighted by atomic mass is 10.1. The van der Waals surface area contributed by atoms with E-state index in [4.69, 9.17) is 9.47 Å². The Balaban J connectivity index is 1.72. The molecule has 0 aliphatic heterocycles. The lowest BCUT2D eigenvalue weighted by Crippen LogP contribution is -2.37. The van der Waals surface area contributed by atoms with E-state index in [-0.39, 0.29) is 31.4 Å². The molecule has 0 heterocycles. The van der Waals surface area contributed by atoms with Crippen LogP contribution in [0.15, 0.2) is 36.4 Å². The first kappa shape index (κ1) is 19.5. The molecule has 1 N–H and O–H groups in total. The zero-order valence-electron chi connectivity index (χ0n) is 15.1. The summed E-state index contributed by atoms with van der Waals surface area (Å²) in [6.07, 6.45) is 6.23. The lowest BCUT2D eigenvalue weighted by molar-refractivity contribution is -0.152. The molecule has 1 atom stereocenters. The van der Waals surface area contributed by atoms with Gasteiger partial charge >= 0.3 is 5.97 Å². The molecule has 0 aromatic heterocycles. The Kier molecular flexibility index (Phi) is 7.20. The summed E-state index contributed by atoms with van der Waals surface area (Å²) in [5.74, 6) is -0.359. The van der Waals surface area contributed by atoms with Gasteiger partial charge in [-0.25, -0.2) is 0 Å². The number of allylic oxidation sites excluding steroid dienone is 2. The smallest absolute Gasteiger partial charge is 0.306 e. The van der Waals surface area contributed by atoms with Gasteiger partial charge < -0.3 is 19.7 Å². The molecular weight excluding hydrogens is 336 g/mol. The molecule has 0 bridgehead atoms. The minimum Gasteiger partial charge on any atom is -0.497 e. The fourth-order valence-electron chi connectivity index (χ4n) is 2.60. The first-order chi connectivity index (χ1) is 12.5. The zero-order valence-corrected chi connectivity index (χ0v) is 15.1. The van der Waals surface area contributed by atoms with E-state index in [0.29, 0.717) is 11.4 Å². The van der Waals surface area contributed by atoms with Crippen molar-refractivity contribution in [3.63, 3.8) is 0 Å². The van der Waals surface area contributed by atoms with Crippen LogP contribution in [0.2, 0.25) is 0 Å². The van der Waals surface area contributed by atoms with Crippen LogP contribution in [0, 0.1) is 5.92 Å². The monoisotopic (exact) mass is 360 g/mol. The molecule has 0 unspecified atom stereocenters. The van der Waals surface area contributed by atoms with E-state index in [1.807, 2.05) is 12.2 Å². The van der Waals surface area contributed by atoms with Gasteiger partial charge in [0.05, 0.1) is 20.1 Å². The number of ether oxygens (including phenoxy) is 2. The van der Waals surface area contributed by atoms with Gasteiger partial charge in [-0.2, -0.15) is 0 Å². The highest BCUT2D eigenvalue weighted by molar-refractivity contribution is 5.94. The maximum Gasteiger partial charge on any atom is 0.306 e. The van der Waals surface area contributed by atoms with Gasteiger partial charge in [-0.1, -0.05) is 18.2 Å². The maximum atomic E-state index is 12.0. The third-order valence-electron chi connectivity index (χ3n) is 4.06. The highest BCUT2D eigenvalue weighted by Gasteiger charge is 2.18. The maximum absolute atomic E-state index is 12.0. The second kappa shape index (κ2) is 9.60. The number of hydrogen-bond acceptors (Lipinski definition) is 5. The van der Waals surface area contributed by atoms with E-state index < -0.39 is 11.9 Å². The van der Waals surface area contributed by atoms with Crippen LogP contribution in [0.3, 0.4) is 0 Å². The predicted octanol–water partition coefficient (Wildman–Crippen LogP) is 1.99. The van der Waals surface area contributed by atoms with Crippen LogP contribution in [-0.4, -0.2) is 50.0 Å². The molecule has 7 heteroatoms. The summed E-state index contributed by atoms with van der Waals surface area (Å²) in [5, 5.41) is 2.69. The van der Waals surface area contributed by atoms with Gasteiger partial charge in [0.15, 0.2) is 6.61 Å². The molecule has 0 saturated heterocycles. The number of anilines is 1. The number of nitrogens with one attached hydrogen (secondary N) is 1. The summed E-state index contributed by atoms with van der Waals surface area (Å²) < 4.78 is 10.1. The van der Waals surface area contributed by atoms with Gasteiger partial charge in [0, 0.05) is 18.8 Å². The fraction of sp³-hybridized carbons (Fsp3) is 0.421. The number of methoxy groups -OCH3 is 1. The average Bonchev–Trinajstić information content (AvgIpc) is 3.12. The normalized spacial score (nSPS) is 15.4. The van der Waals surface area contributed by atoms with E-state index in [1.54, 1.807) is 24.3 Å². The van der Waals surface area contributed by atoms with Gasteiger partial charge in [0.25, 0.3) is 5.91 Å². The number of benzene rings is 1. The number of carbonyl (C=O) groups excluding carboxylic acids is 3. The molecule has 0 spiro atoms. The Hall–Kier alpha value is -2.83. The summed E-state index contributed by atoms with van der Waals surface area (Å²) in [4.78, 5) is 37.0. The van der Waals surface area contributed by atoms with Crippen LogP contribution in [0.25, 0.3) is 0 Å². The number of carbonyl (C=O) groups is 3. The standard InChI is InChI=1S/C19H24N2O5/c1-21(12-17(22)20-15-8-5-9-16(11-15)25-2)18(23)13-26-19(24)10-14-6-3-4-7-14/h3,5-6,8-9,11,14H,4,7,10,12-13H2,1-2H3,(H,20,22)/t14-/m1/s1. The summed E-state index contributed by atoms with van der Waals surface area (Å²) >= 11 is 0. The molecular formula is C19H24N2O5. The zero-order chi connectivity index (χ0) is 18.9. The van der Waals surface area contributed by atoms with Crippen molar-refractivity contribution in [1.82, 2.24) is 4.90 Å². The highest BCUT2D eigenvalue weighted by atomic mass is 16.5. The van der Waals surface area contributed by atoms with Gasteiger partial charge in [-0.05, 0) is 30.9 Å². The van der Waals surface area contributed by atoms with Crippen LogP contribution in [0.5, 0.6) is 5.75 Å². The number of rotatable bonds is 8. The largest absolute Gasteiger partial charge is 0.497 e. The molecule has 2 rings (SSSR count). The van der Waals surface area contributed by atoms with Crippen molar-refractivity contribution in [1.29, 1.82) is 0 Å². The van der Waals surface area contributed by atoms with E-state index in [0.717, 1.165) is 12.8 Å². The topological polar surface area (TPSA) is 84.9 Å². The van der Waals surface area contributed by atoms with Crippen molar-refractivity contribution in [2.45, 2.75) is 19.3 Å². The first-order valence-corrected chi connectivity index (χ1v) is 8.48. The predicted molar refractivity (Wildman–Crippen MR) is 96.7 cm³/mol. The lowest BCUT2D eigenvalue weighted by Gasteiger charge is -2.17. The van der Waals surface area contributed by atoms with Gasteiger partial charge in [0.1, 0.15) is 5.75 Å². The summed E-state index contributed by atoms with van der Waals surface area (Å²) in [7, 11) is 3.03. The van der Waals surface area contributed by atoms with Gasteiger partial charge in [-0.3, -0.25) is 14.4 Å². The van der Waals surface area contributed by atoms with E-state index in [9.17, 15) is 14.4 Å². The van der Waals surface area contributed by atoms with Gasteiger partial charge in [0.2, 0.25) is 5.91 Å². The van der Waals surface area contributed by atoms with Crippen molar-refractivity contribution < 1.29 is 23.9 Å². The number of esters is 1. The summed E-state index contributed by atoms with van der Waals surface area (Å²) in [6.45, 7) is -0.503. The third kappa shape index (κ3) is 6.23. The summed E-state index contributed by atoms with van der Waals surface area (Å²) in [6, 6.07) is 6.92. The molecule has 2 amide bonds. The van der Waals surface area contributed by atoms with E-state index >= 15 is 0 Å². The molecule has 1 aliphatic carbocycles. The van der Waals surface area contributed by atoms with Crippen molar-refractivity contribution in [3.8, 4) is 5.75 Å². The average molecular weight is 360 g/mol. The van der Waals surface area contributed by atoms with E-state index in [2.05, 4.69) is 5.32 Å². The fourth-order valence-corrected chi connectivity index (χ4v) is 2.60. The Labute approximate surface area is 153 Å².